The van der Waals surface area contributed by atoms with E-state index in [1.165, 1.54) is 4.90 Å². The summed E-state index contributed by atoms with van der Waals surface area (Å²) in [5.74, 6) is -0.202. The number of cyclic esters (lactones) is 1. The highest BCUT2D eigenvalue weighted by Gasteiger charge is 2.39. The predicted molar refractivity (Wildman–Crippen MR) is 95.9 cm³/mol. The molecule has 130 valence electrons. The van der Waals surface area contributed by atoms with E-state index < -0.39 is 6.09 Å². The topological polar surface area (TPSA) is 72.6 Å². The third-order valence-electron chi connectivity index (χ3n) is 4.62. The van der Waals surface area contributed by atoms with Gasteiger partial charge in [-0.25, -0.2) is 9.69 Å². The highest BCUT2D eigenvalue weighted by Crippen LogP contribution is 2.31. The molecule has 2 N–H and O–H groups in total. The minimum absolute atomic E-state index is 0.0147. The van der Waals surface area contributed by atoms with Crippen LogP contribution in [0.15, 0.2) is 54.6 Å². The van der Waals surface area contributed by atoms with Crippen LogP contribution in [0.3, 0.4) is 0 Å². The Morgan fingerprint density at radius 3 is 2.68 bits per heavy atom. The lowest BCUT2D eigenvalue weighted by atomic mass is 9.92. The van der Waals surface area contributed by atoms with Crippen molar-refractivity contribution in [2.75, 3.05) is 12.3 Å². The first-order chi connectivity index (χ1) is 12.1. The van der Waals surface area contributed by atoms with Gasteiger partial charge in [0.15, 0.2) is 0 Å². The number of carbonyl (C=O) groups is 2. The number of anilines is 1. The van der Waals surface area contributed by atoms with Gasteiger partial charge in [-0.2, -0.15) is 0 Å². The Bertz CT molecular complexity index is 761. The van der Waals surface area contributed by atoms with Crippen molar-refractivity contribution in [2.24, 2.45) is 0 Å². The molecule has 0 spiro atoms. The molecule has 25 heavy (non-hydrogen) atoms. The second-order valence-electron chi connectivity index (χ2n) is 6.25. The van der Waals surface area contributed by atoms with E-state index in [-0.39, 0.29) is 30.9 Å². The summed E-state index contributed by atoms with van der Waals surface area (Å²) >= 11 is 0. The van der Waals surface area contributed by atoms with E-state index in [9.17, 15) is 9.59 Å². The molecule has 5 nitrogen and oxygen atoms in total. The van der Waals surface area contributed by atoms with E-state index in [4.69, 9.17) is 10.5 Å². The van der Waals surface area contributed by atoms with E-state index in [0.29, 0.717) is 5.69 Å². The fourth-order valence-electron chi connectivity index (χ4n) is 3.24. The average molecular weight is 338 g/mol. The van der Waals surface area contributed by atoms with Gasteiger partial charge in [-0.05, 0) is 35.6 Å². The van der Waals surface area contributed by atoms with Gasteiger partial charge in [-0.15, -0.1) is 0 Å². The van der Waals surface area contributed by atoms with Gasteiger partial charge < -0.3 is 10.5 Å². The summed E-state index contributed by atoms with van der Waals surface area (Å²) in [4.78, 5) is 26.2. The van der Waals surface area contributed by atoms with Crippen LogP contribution in [0.4, 0.5) is 10.5 Å². The number of nitrogen functional groups attached to an aromatic ring is 1. The third-order valence-corrected chi connectivity index (χ3v) is 4.62. The molecule has 5 heteroatoms. The standard InChI is InChI=1S/C20H22N2O3/c1-2-14(16-9-6-10-17(21)11-16)12-19(23)22-18(13-25-20(22)24)15-7-4-3-5-8-15/h3-11,14,18H,2,12-13,21H2,1H3/t14-,18+/m0/s1. The molecule has 1 saturated heterocycles. The number of nitrogens with zero attached hydrogens (tertiary/aromatic N) is 1. The summed E-state index contributed by atoms with van der Waals surface area (Å²) in [5, 5.41) is 0. The van der Waals surface area contributed by atoms with Crippen molar-refractivity contribution in [1.82, 2.24) is 4.90 Å². The molecule has 1 aliphatic heterocycles. The molecule has 2 aromatic rings. The maximum Gasteiger partial charge on any atom is 0.417 e. The van der Waals surface area contributed by atoms with E-state index in [1.54, 1.807) is 0 Å². The maximum absolute atomic E-state index is 12.9. The van der Waals surface area contributed by atoms with Crippen molar-refractivity contribution in [3.63, 3.8) is 0 Å². The van der Waals surface area contributed by atoms with Crippen LogP contribution in [0.2, 0.25) is 0 Å². The third kappa shape index (κ3) is 3.65. The molecular formula is C20H22N2O3. The number of rotatable bonds is 5. The number of hydrogen-bond acceptors (Lipinski definition) is 4. The zero-order valence-corrected chi connectivity index (χ0v) is 14.2. The predicted octanol–water partition coefficient (Wildman–Crippen LogP) is 3.87. The van der Waals surface area contributed by atoms with E-state index in [1.807, 2.05) is 61.5 Å². The highest BCUT2D eigenvalue weighted by molar-refractivity contribution is 5.94. The summed E-state index contributed by atoms with van der Waals surface area (Å²) in [6.07, 6.45) is 0.466. The van der Waals surface area contributed by atoms with Gasteiger partial charge in [0.25, 0.3) is 0 Å². The molecule has 0 saturated carbocycles. The van der Waals surface area contributed by atoms with Crippen LogP contribution in [0.1, 0.15) is 42.9 Å². The van der Waals surface area contributed by atoms with Gasteiger partial charge in [0.05, 0.1) is 0 Å². The normalized spacial score (nSPS) is 18.0. The molecule has 1 aliphatic rings. The molecule has 0 aliphatic carbocycles. The molecule has 0 radical (unpaired) electrons. The van der Waals surface area contributed by atoms with Gasteiger partial charge in [0.2, 0.25) is 5.91 Å². The summed E-state index contributed by atoms with van der Waals surface area (Å²) in [6.45, 7) is 2.22. The zero-order chi connectivity index (χ0) is 17.8. The second-order valence-corrected chi connectivity index (χ2v) is 6.25. The van der Waals surface area contributed by atoms with Crippen molar-refractivity contribution in [2.45, 2.75) is 31.7 Å². The zero-order valence-electron chi connectivity index (χ0n) is 14.2. The Labute approximate surface area is 147 Å². The van der Waals surface area contributed by atoms with Crippen LogP contribution in [0.5, 0.6) is 0 Å². The first kappa shape index (κ1) is 17.0. The van der Waals surface area contributed by atoms with E-state index in [2.05, 4.69) is 0 Å². The largest absolute Gasteiger partial charge is 0.446 e. The molecule has 1 fully saturated rings. The van der Waals surface area contributed by atoms with Gasteiger partial charge >= 0.3 is 6.09 Å². The van der Waals surface area contributed by atoms with Gasteiger partial charge in [-0.3, -0.25) is 4.79 Å². The summed E-state index contributed by atoms with van der Waals surface area (Å²) < 4.78 is 5.14. The SMILES string of the molecule is CC[C@@H](CC(=O)N1C(=O)OC[C@@H]1c1ccccc1)c1cccc(N)c1. The fourth-order valence-corrected chi connectivity index (χ4v) is 3.24. The van der Waals surface area contributed by atoms with Crippen molar-refractivity contribution >= 4 is 17.7 Å². The highest BCUT2D eigenvalue weighted by atomic mass is 16.6. The van der Waals surface area contributed by atoms with Crippen LogP contribution < -0.4 is 5.73 Å². The van der Waals surface area contributed by atoms with Crippen molar-refractivity contribution in [1.29, 1.82) is 0 Å². The van der Waals surface area contributed by atoms with Crippen LogP contribution >= 0.6 is 0 Å². The minimum atomic E-state index is -0.568. The quantitative estimate of drug-likeness (QED) is 0.840. The lowest BCUT2D eigenvalue weighted by Crippen LogP contribution is -2.35. The molecule has 0 unspecified atom stereocenters. The molecular weight excluding hydrogens is 316 g/mol. The summed E-state index contributed by atoms with van der Waals surface area (Å²) in [6, 6.07) is 16.7. The number of hydrogen-bond donors (Lipinski definition) is 1. The van der Waals surface area contributed by atoms with Crippen molar-refractivity contribution in [3.8, 4) is 0 Å². The fraction of sp³-hybridized carbons (Fsp3) is 0.300. The Morgan fingerprint density at radius 2 is 2.00 bits per heavy atom. The lowest BCUT2D eigenvalue weighted by Gasteiger charge is -2.23. The summed E-state index contributed by atoms with van der Waals surface area (Å²) in [7, 11) is 0. The number of imide groups is 1. The molecule has 2 aromatic carbocycles. The number of amides is 2. The van der Waals surface area contributed by atoms with Crippen LogP contribution in [-0.4, -0.2) is 23.5 Å². The van der Waals surface area contributed by atoms with Gasteiger partial charge in [-0.1, -0.05) is 49.4 Å². The number of carbonyl (C=O) groups excluding carboxylic acids is 2. The average Bonchev–Trinajstić information content (AvgIpc) is 3.02. The molecule has 2 atom stereocenters. The Hall–Kier alpha value is -2.82. The molecule has 1 heterocycles. The number of nitrogens with two attached hydrogens (primary N) is 1. The van der Waals surface area contributed by atoms with Gasteiger partial charge in [0.1, 0.15) is 12.6 Å². The van der Waals surface area contributed by atoms with Crippen molar-refractivity contribution in [3.05, 3.63) is 65.7 Å². The van der Waals surface area contributed by atoms with Crippen LogP contribution in [0, 0.1) is 0 Å². The second kappa shape index (κ2) is 7.38. The Kier molecular flexibility index (Phi) is 5.03. The summed E-state index contributed by atoms with van der Waals surface area (Å²) in [5.41, 5.74) is 8.44. The van der Waals surface area contributed by atoms with E-state index in [0.717, 1.165) is 17.5 Å². The first-order valence-electron chi connectivity index (χ1n) is 8.49. The molecule has 3 rings (SSSR count). The molecule has 2 amide bonds. The number of benzene rings is 2. The molecule has 0 aromatic heterocycles. The van der Waals surface area contributed by atoms with E-state index >= 15 is 0 Å². The Morgan fingerprint density at radius 1 is 1.24 bits per heavy atom. The maximum atomic E-state index is 12.9. The van der Waals surface area contributed by atoms with Crippen LogP contribution in [-0.2, 0) is 9.53 Å². The minimum Gasteiger partial charge on any atom is -0.446 e. The van der Waals surface area contributed by atoms with Crippen LogP contribution in [0.25, 0.3) is 0 Å². The molecule has 0 bridgehead atoms. The van der Waals surface area contributed by atoms with Gasteiger partial charge in [0, 0.05) is 12.1 Å². The van der Waals surface area contributed by atoms with Crippen molar-refractivity contribution < 1.29 is 14.3 Å². The monoisotopic (exact) mass is 338 g/mol. The first-order valence-corrected chi connectivity index (χ1v) is 8.49. The lowest BCUT2D eigenvalue weighted by molar-refractivity contribution is -0.129. The number of ether oxygens (including phenoxy) is 1. The Balaban J connectivity index is 1.79. The smallest absolute Gasteiger partial charge is 0.417 e.